The molecule has 6 heteroatoms. The number of fused-ring (bicyclic) bond motifs is 2. The van der Waals surface area contributed by atoms with E-state index < -0.39 is 0 Å². The third kappa shape index (κ3) is 3.71. The Labute approximate surface area is 193 Å². The second-order valence-electron chi connectivity index (χ2n) is 8.69. The van der Waals surface area contributed by atoms with E-state index in [-0.39, 0.29) is 23.9 Å². The molecule has 5 rings (SSSR count). The summed E-state index contributed by atoms with van der Waals surface area (Å²) < 4.78 is 11.6. The highest BCUT2D eigenvalue weighted by atomic mass is 16.5. The van der Waals surface area contributed by atoms with Crippen molar-refractivity contribution in [1.29, 1.82) is 0 Å². The Morgan fingerprint density at radius 2 is 1.15 bits per heavy atom. The van der Waals surface area contributed by atoms with Crippen molar-refractivity contribution < 1.29 is 19.1 Å². The minimum Gasteiger partial charge on any atom is -0.489 e. The summed E-state index contributed by atoms with van der Waals surface area (Å²) in [4.78, 5) is 30.8. The van der Waals surface area contributed by atoms with Crippen LogP contribution < -0.4 is 19.3 Å². The third-order valence-electron chi connectivity index (χ3n) is 6.10. The summed E-state index contributed by atoms with van der Waals surface area (Å²) in [5, 5.41) is 0. The van der Waals surface area contributed by atoms with Crippen molar-refractivity contribution in [1.82, 2.24) is 0 Å². The number of hydrogen-bond acceptors (Lipinski definition) is 4. The van der Waals surface area contributed by atoms with Crippen LogP contribution in [-0.4, -0.2) is 37.1 Å². The number of ether oxygens (including phenoxy) is 2. The van der Waals surface area contributed by atoms with Gasteiger partial charge in [-0.1, -0.05) is 24.3 Å². The van der Waals surface area contributed by atoms with Crippen molar-refractivity contribution in [3.63, 3.8) is 0 Å². The number of nitrogens with zero attached hydrogens (tertiary/aromatic N) is 2. The molecule has 33 heavy (non-hydrogen) atoms. The van der Waals surface area contributed by atoms with Crippen molar-refractivity contribution in [2.24, 2.45) is 0 Å². The molecule has 0 bridgehead atoms. The number of carbonyl (C=O) groups is 2. The molecule has 168 valence electrons. The van der Waals surface area contributed by atoms with E-state index in [1.165, 1.54) is 0 Å². The SMILES string of the molecule is Cc1cc(C(=O)N2c3ccccc3OCC2C)cc(C(=O)N2c3ccccc3OCC2C)c1. The van der Waals surface area contributed by atoms with Gasteiger partial charge in [-0.15, -0.1) is 0 Å². The summed E-state index contributed by atoms with van der Waals surface area (Å²) in [6, 6.07) is 20.2. The number of para-hydroxylation sites is 4. The molecule has 2 unspecified atom stereocenters. The maximum atomic E-state index is 13.7. The van der Waals surface area contributed by atoms with Gasteiger partial charge in [-0.3, -0.25) is 19.4 Å². The Balaban J connectivity index is 1.52. The molecule has 2 atom stereocenters. The zero-order valence-electron chi connectivity index (χ0n) is 18.9. The lowest BCUT2D eigenvalue weighted by Crippen LogP contribution is -2.46. The molecular formula is C27H26N2O4. The van der Waals surface area contributed by atoms with Gasteiger partial charge in [-0.25, -0.2) is 0 Å². The van der Waals surface area contributed by atoms with Gasteiger partial charge in [0.05, 0.1) is 23.5 Å². The molecule has 0 spiro atoms. The molecule has 0 aliphatic carbocycles. The summed E-state index contributed by atoms with van der Waals surface area (Å²) >= 11 is 0. The topological polar surface area (TPSA) is 59.1 Å². The zero-order chi connectivity index (χ0) is 23.1. The minimum absolute atomic E-state index is 0.127. The number of anilines is 2. The molecule has 0 saturated carbocycles. The molecule has 3 aromatic rings. The highest BCUT2D eigenvalue weighted by molar-refractivity contribution is 6.12. The zero-order valence-corrected chi connectivity index (χ0v) is 18.9. The largest absolute Gasteiger partial charge is 0.489 e. The lowest BCUT2D eigenvalue weighted by Gasteiger charge is -2.36. The number of benzene rings is 3. The van der Waals surface area contributed by atoms with E-state index in [2.05, 4.69) is 0 Å². The molecule has 6 nitrogen and oxygen atoms in total. The average Bonchev–Trinajstić information content (AvgIpc) is 2.82. The van der Waals surface area contributed by atoms with Crippen LogP contribution >= 0.6 is 0 Å². The highest BCUT2D eigenvalue weighted by Gasteiger charge is 2.33. The second kappa shape index (κ2) is 8.28. The number of rotatable bonds is 2. The van der Waals surface area contributed by atoms with E-state index in [9.17, 15) is 9.59 Å². The first kappa shape index (κ1) is 21.1. The summed E-state index contributed by atoms with van der Waals surface area (Å²) in [6.07, 6.45) is 0. The monoisotopic (exact) mass is 442 g/mol. The molecule has 2 aliphatic rings. The number of carbonyl (C=O) groups excluding carboxylic acids is 2. The Morgan fingerprint density at radius 3 is 1.61 bits per heavy atom. The van der Waals surface area contributed by atoms with E-state index in [1.807, 2.05) is 81.4 Å². The van der Waals surface area contributed by atoms with Crippen molar-refractivity contribution in [2.75, 3.05) is 23.0 Å². The molecule has 0 saturated heterocycles. The first-order valence-electron chi connectivity index (χ1n) is 11.2. The lowest BCUT2D eigenvalue weighted by molar-refractivity contribution is 0.0961. The first-order chi connectivity index (χ1) is 15.9. The molecule has 2 aliphatic heterocycles. The quantitative estimate of drug-likeness (QED) is 0.569. The van der Waals surface area contributed by atoms with Gasteiger partial charge in [0, 0.05) is 11.1 Å². The van der Waals surface area contributed by atoms with Crippen LogP contribution in [0.5, 0.6) is 11.5 Å². The maximum absolute atomic E-state index is 13.7. The third-order valence-corrected chi connectivity index (χ3v) is 6.10. The van der Waals surface area contributed by atoms with E-state index in [4.69, 9.17) is 9.47 Å². The van der Waals surface area contributed by atoms with Gasteiger partial charge in [-0.2, -0.15) is 0 Å². The molecule has 0 N–H and O–H groups in total. The van der Waals surface area contributed by atoms with Crippen LogP contribution in [0, 0.1) is 6.92 Å². The second-order valence-corrected chi connectivity index (χ2v) is 8.69. The predicted octanol–water partition coefficient (Wildman–Crippen LogP) is 4.85. The normalized spacial score (nSPS) is 19.1. The molecule has 0 fully saturated rings. The smallest absolute Gasteiger partial charge is 0.258 e. The van der Waals surface area contributed by atoms with Crippen molar-refractivity contribution in [2.45, 2.75) is 32.9 Å². The van der Waals surface area contributed by atoms with Gasteiger partial charge in [0.15, 0.2) is 0 Å². The van der Waals surface area contributed by atoms with Crippen LogP contribution in [-0.2, 0) is 0 Å². The van der Waals surface area contributed by atoms with E-state index in [1.54, 1.807) is 15.9 Å². The fourth-order valence-electron chi connectivity index (χ4n) is 4.53. The molecule has 3 aromatic carbocycles. The minimum atomic E-state index is -0.147. The van der Waals surface area contributed by atoms with Crippen molar-refractivity contribution in [3.8, 4) is 11.5 Å². The fraction of sp³-hybridized carbons (Fsp3) is 0.259. The van der Waals surface area contributed by atoms with Crippen LogP contribution in [0.25, 0.3) is 0 Å². The van der Waals surface area contributed by atoms with Crippen LogP contribution in [0.4, 0.5) is 11.4 Å². The maximum Gasteiger partial charge on any atom is 0.258 e. The average molecular weight is 443 g/mol. The highest BCUT2D eigenvalue weighted by Crippen LogP contribution is 2.36. The summed E-state index contributed by atoms with van der Waals surface area (Å²) in [7, 11) is 0. The van der Waals surface area contributed by atoms with Crippen molar-refractivity contribution >= 4 is 23.2 Å². The van der Waals surface area contributed by atoms with Gasteiger partial charge < -0.3 is 9.47 Å². The van der Waals surface area contributed by atoms with Gasteiger partial charge in [0.1, 0.15) is 24.7 Å². The van der Waals surface area contributed by atoms with E-state index in [0.717, 1.165) is 16.9 Å². The number of amides is 2. The predicted molar refractivity (Wildman–Crippen MR) is 128 cm³/mol. The summed E-state index contributed by atoms with van der Waals surface area (Å²) in [6.45, 7) is 6.66. The fourth-order valence-corrected chi connectivity index (χ4v) is 4.53. The lowest BCUT2D eigenvalue weighted by atomic mass is 10.0. The standard InChI is InChI=1S/C27H26N2O4/c1-17-12-20(26(30)28-18(2)15-32-24-10-6-4-8-22(24)28)14-21(13-17)27(31)29-19(3)16-33-25-11-7-5-9-23(25)29/h4-14,18-19H,15-16H2,1-3H3. The first-order valence-corrected chi connectivity index (χ1v) is 11.2. The summed E-state index contributed by atoms with van der Waals surface area (Å²) in [5.74, 6) is 1.08. The van der Waals surface area contributed by atoms with Crippen LogP contribution in [0.2, 0.25) is 0 Å². The Morgan fingerprint density at radius 1 is 0.727 bits per heavy atom. The summed E-state index contributed by atoms with van der Waals surface area (Å²) in [5.41, 5.74) is 3.30. The Bertz CT molecular complexity index is 1150. The van der Waals surface area contributed by atoms with Crippen LogP contribution in [0.3, 0.4) is 0 Å². The van der Waals surface area contributed by atoms with Crippen LogP contribution in [0.15, 0.2) is 66.7 Å². The number of aryl methyl sites for hydroxylation is 1. The molecule has 2 amide bonds. The van der Waals surface area contributed by atoms with E-state index in [0.29, 0.717) is 35.8 Å². The Hall–Kier alpha value is -3.80. The van der Waals surface area contributed by atoms with E-state index >= 15 is 0 Å². The number of hydrogen-bond donors (Lipinski definition) is 0. The van der Waals surface area contributed by atoms with Crippen molar-refractivity contribution in [3.05, 3.63) is 83.4 Å². The van der Waals surface area contributed by atoms with Gasteiger partial charge >= 0.3 is 0 Å². The van der Waals surface area contributed by atoms with Gasteiger partial charge in [-0.05, 0) is 68.8 Å². The Kier molecular flexibility index (Phi) is 5.29. The molecule has 0 aromatic heterocycles. The van der Waals surface area contributed by atoms with Crippen LogP contribution in [0.1, 0.15) is 40.1 Å². The van der Waals surface area contributed by atoms with Gasteiger partial charge in [0.25, 0.3) is 11.8 Å². The molecule has 0 radical (unpaired) electrons. The molecule has 2 heterocycles. The van der Waals surface area contributed by atoms with Gasteiger partial charge in [0.2, 0.25) is 0 Å². The molecular weight excluding hydrogens is 416 g/mol.